The van der Waals surface area contributed by atoms with Crippen LogP contribution < -0.4 is 5.32 Å². The largest absolute Gasteiger partial charge is 0.341 e. The van der Waals surface area contributed by atoms with Gasteiger partial charge in [-0.2, -0.15) is 0 Å². The number of nitrogens with zero attached hydrogens (tertiary/aromatic N) is 1. The van der Waals surface area contributed by atoms with E-state index in [1.807, 2.05) is 0 Å². The summed E-state index contributed by atoms with van der Waals surface area (Å²) in [6, 6.07) is 0.0202. The average molecular weight is 280 g/mol. The normalized spacial score (nSPS) is 31.1. The van der Waals surface area contributed by atoms with E-state index in [1.165, 1.54) is 25.7 Å². The van der Waals surface area contributed by atoms with Crippen LogP contribution in [0.15, 0.2) is 0 Å². The lowest BCUT2D eigenvalue weighted by Crippen LogP contribution is -2.56. The number of carbonyl (C=O) groups excluding carboxylic acids is 1. The molecule has 0 radical (unpaired) electrons. The number of rotatable bonds is 2. The topological polar surface area (TPSA) is 32.3 Å². The Hall–Kier alpha value is -0.570. The zero-order chi connectivity index (χ0) is 14.8. The SMILES string of the molecule is CC(C)C1CCCN(C(=O)C2NCCCC2(C)C)CC1. The Labute approximate surface area is 124 Å². The van der Waals surface area contributed by atoms with Gasteiger partial charge in [-0.05, 0) is 55.9 Å². The van der Waals surface area contributed by atoms with Crippen LogP contribution in [-0.2, 0) is 4.79 Å². The van der Waals surface area contributed by atoms with E-state index >= 15 is 0 Å². The van der Waals surface area contributed by atoms with Crippen molar-refractivity contribution in [3.8, 4) is 0 Å². The molecule has 0 aromatic rings. The van der Waals surface area contributed by atoms with Gasteiger partial charge in [-0.25, -0.2) is 0 Å². The second kappa shape index (κ2) is 6.46. The molecule has 2 rings (SSSR count). The number of hydrogen-bond donors (Lipinski definition) is 1. The lowest BCUT2D eigenvalue weighted by molar-refractivity contribution is -0.137. The van der Waals surface area contributed by atoms with Gasteiger partial charge < -0.3 is 10.2 Å². The number of amides is 1. The summed E-state index contributed by atoms with van der Waals surface area (Å²) in [4.78, 5) is 15.0. The van der Waals surface area contributed by atoms with Crippen molar-refractivity contribution in [2.24, 2.45) is 17.3 Å². The minimum atomic E-state index is 0.0202. The standard InChI is InChI=1S/C17H32N2O/c1-13(2)14-7-5-11-19(12-8-14)16(20)15-17(3,4)9-6-10-18-15/h13-15,18H,5-12H2,1-4H3. The van der Waals surface area contributed by atoms with E-state index in [0.717, 1.165) is 37.9 Å². The van der Waals surface area contributed by atoms with E-state index < -0.39 is 0 Å². The first kappa shape index (κ1) is 15.8. The fourth-order valence-corrected chi connectivity index (χ4v) is 3.82. The van der Waals surface area contributed by atoms with Gasteiger partial charge in [-0.3, -0.25) is 4.79 Å². The predicted molar refractivity (Wildman–Crippen MR) is 83.6 cm³/mol. The molecule has 0 spiro atoms. The highest BCUT2D eigenvalue weighted by Gasteiger charge is 2.39. The molecule has 2 unspecified atom stereocenters. The maximum atomic E-state index is 12.9. The second-order valence-electron chi connectivity index (χ2n) is 7.74. The van der Waals surface area contributed by atoms with Crippen LogP contribution in [0.2, 0.25) is 0 Å². The third-order valence-electron chi connectivity index (χ3n) is 5.40. The first-order valence-corrected chi connectivity index (χ1v) is 8.44. The molecule has 0 aromatic carbocycles. The van der Waals surface area contributed by atoms with Gasteiger partial charge in [-0.1, -0.05) is 27.7 Å². The second-order valence-corrected chi connectivity index (χ2v) is 7.74. The fraction of sp³-hybridized carbons (Fsp3) is 0.941. The highest BCUT2D eigenvalue weighted by atomic mass is 16.2. The maximum Gasteiger partial charge on any atom is 0.240 e. The van der Waals surface area contributed by atoms with Gasteiger partial charge in [0.15, 0.2) is 0 Å². The van der Waals surface area contributed by atoms with Crippen molar-refractivity contribution in [1.82, 2.24) is 10.2 Å². The monoisotopic (exact) mass is 280 g/mol. The Balaban J connectivity index is 1.98. The smallest absolute Gasteiger partial charge is 0.240 e. The van der Waals surface area contributed by atoms with Crippen molar-refractivity contribution >= 4 is 5.91 Å². The Kier molecular flexibility index (Phi) is 5.11. The number of hydrogen-bond acceptors (Lipinski definition) is 2. The summed E-state index contributed by atoms with van der Waals surface area (Å²) in [5.41, 5.74) is 0.0963. The summed E-state index contributed by atoms with van der Waals surface area (Å²) in [6.45, 7) is 12.0. The van der Waals surface area contributed by atoms with E-state index in [4.69, 9.17) is 0 Å². The molecule has 20 heavy (non-hydrogen) atoms. The minimum Gasteiger partial charge on any atom is -0.341 e. The summed E-state index contributed by atoms with van der Waals surface area (Å²) in [5, 5.41) is 3.47. The predicted octanol–water partition coefficient (Wildman–Crippen LogP) is 3.05. The zero-order valence-electron chi connectivity index (χ0n) is 13.7. The van der Waals surface area contributed by atoms with E-state index in [1.54, 1.807) is 0 Å². The van der Waals surface area contributed by atoms with E-state index in [-0.39, 0.29) is 11.5 Å². The molecule has 2 heterocycles. The summed E-state index contributed by atoms with van der Waals surface area (Å²) in [6.07, 6.45) is 5.96. The van der Waals surface area contributed by atoms with Gasteiger partial charge in [0.2, 0.25) is 5.91 Å². The van der Waals surface area contributed by atoms with Crippen molar-refractivity contribution < 1.29 is 4.79 Å². The number of nitrogens with one attached hydrogen (secondary N) is 1. The van der Waals surface area contributed by atoms with Crippen molar-refractivity contribution in [3.05, 3.63) is 0 Å². The number of likely N-dealkylation sites (tertiary alicyclic amines) is 1. The van der Waals surface area contributed by atoms with Gasteiger partial charge >= 0.3 is 0 Å². The molecular weight excluding hydrogens is 248 g/mol. The Morgan fingerprint density at radius 2 is 1.95 bits per heavy atom. The third-order valence-corrected chi connectivity index (χ3v) is 5.40. The third kappa shape index (κ3) is 3.55. The van der Waals surface area contributed by atoms with Crippen LogP contribution in [0.5, 0.6) is 0 Å². The van der Waals surface area contributed by atoms with Gasteiger partial charge in [0, 0.05) is 13.1 Å². The van der Waals surface area contributed by atoms with Gasteiger partial charge in [0.1, 0.15) is 0 Å². The van der Waals surface area contributed by atoms with Crippen molar-refractivity contribution in [3.63, 3.8) is 0 Å². The van der Waals surface area contributed by atoms with Crippen LogP contribution in [0.4, 0.5) is 0 Å². The molecule has 3 nitrogen and oxygen atoms in total. The molecule has 0 aromatic heterocycles. The highest BCUT2D eigenvalue weighted by Crippen LogP contribution is 2.32. The lowest BCUT2D eigenvalue weighted by atomic mass is 9.77. The summed E-state index contributed by atoms with van der Waals surface area (Å²) in [5.74, 6) is 1.88. The van der Waals surface area contributed by atoms with Crippen LogP contribution in [-0.4, -0.2) is 36.5 Å². The molecule has 3 heteroatoms. The molecule has 2 atom stereocenters. The number of carbonyl (C=O) groups is 1. The first-order chi connectivity index (χ1) is 9.42. The average Bonchev–Trinajstić information content (AvgIpc) is 2.63. The van der Waals surface area contributed by atoms with E-state index in [0.29, 0.717) is 5.91 Å². The zero-order valence-corrected chi connectivity index (χ0v) is 13.7. The molecule has 1 amide bonds. The Bertz CT molecular complexity index is 338. The Morgan fingerprint density at radius 3 is 2.60 bits per heavy atom. The molecule has 116 valence electrons. The molecule has 2 aliphatic heterocycles. The van der Waals surface area contributed by atoms with Crippen LogP contribution in [0.3, 0.4) is 0 Å². The molecule has 0 bridgehead atoms. The van der Waals surface area contributed by atoms with E-state index in [2.05, 4.69) is 37.9 Å². The number of piperidine rings is 1. The van der Waals surface area contributed by atoms with Gasteiger partial charge in [0.05, 0.1) is 6.04 Å². The molecule has 2 aliphatic rings. The summed E-state index contributed by atoms with van der Waals surface area (Å²) in [7, 11) is 0. The van der Waals surface area contributed by atoms with Crippen molar-refractivity contribution in [2.75, 3.05) is 19.6 Å². The van der Waals surface area contributed by atoms with Crippen molar-refractivity contribution in [2.45, 2.75) is 65.8 Å². The first-order valence-electron chi connectivity index (χ1n) is 8.44. The molecular formula is C17H32N2O. The Morgan fingerprint density at radius 1 is 1.20 bits per heavy atom. The lowest BCUT2D eigenvalue weighted by Gasteiger charge is -2.40. The quantitative estimate of drug-likeness (QED) is 0.843. The van der Waals surface area contributed by atoms with Crippen LogP contribution in [0.1, 0.15) is 59.8 Å². The fourth-order valence-electron chi connectivity index (χ4n) is 3.82. The molecule has 2 fully saturated rings. The molecule has 2 saturated heterocycles. The summed E-state index contributed by atoms with van der Waals surface area (Å²) >= 11 is 0. The van der Waals surface area contributed by atoms with E-state index in [9.17, 15) is 4.79 Å². The minimum absolute atomic E-state index is 0.0202. The van der Waals surface area contributed by atoms with Crippen LogP contribution in [0.25, 0.3) is 0 Å². The highest BCUT2D eigenvalue weighted by molar-refractivity contribution is 5.83. The maximum absolute atomic E-state index is 12.9. The molecule has 0 aliphatic carbocycles. The van der Waals surface area contributed by atoms with Gasteiger partial charge in [-0.15, -0.1) is 0 Å². The summed E-state index contributed by atoms with van der Waals surface area (Å²) < 4.78 is 0. The van der Waals surface area contributed by atoms with Gasteiger partial charge in [0.25, 0.3) is 0 Å². The van der Waals surface area contributed by atoms with Crippen LogP contribution in [0, 0.1) is 17.3 Å². The molecule has 1 N–H and O–H groups in total. The van der Waals surface area contributed by atoms with Crippen LogP contribution >= 0.6 is 0 Å². The molecule has 0 saturated carbocycles. The van der Waals surface area contributed by atoms with Crippen molar-refractivity contribution in [1.29, 1.82) is 0 Å².